The maximum absolute atomic E-state index is 2.36. The predicted octanol–water partition coefficient (Wildman–Crippen LogP) is 6.12. The molecule has 0 saturated heterocycles. The lowest BCUT2D eigenvalue weighted by Gasteiger charge is -2.09. The van der Waals surface area contributed by atoms with Crippen molar-refractivity contribution in [3.63, 3.8) is 0 Å². The van der Waals surface area contributed by atoms with Crippen LogP contribution in [-0.2, 0) is 12.8 Å². The SMILES string of the molecule is CC(C)Cc1ccc(-c2ccc3c(c2)-c2ccccc2C3)cc1. The first-order valence-corrected chi connectivity index (χ1v) is 8.51. The molecule has 0 saturated carbocycles. The third-order valence-electron chi connectivity index (χ3n) is 4.73. The molecule has 3 aromatic carbocycles. The summed E-state index contributed by atoms with van der Waals surface area (Å²) in [6.07, 6.45) is 2.22. The Morgan fingerprint density at radius 3 is 2.22 bits per heavy atom. The molecule has 0 atom stereocenters. The zero-order valence-corrected chi connectivity index (χ0v) is 13.8. The van der Waals surface area contributed by atoms with Gasteiger partial charge in [-0.25, -0.2) is 0 Å². The van der Waals surface area contributed by atoms with Gasteiger partial charge in [0.15, 0.2) is 0 Å². The van der Waals surface area contributed by atoms with Crippen molar-refractivity contribution in [2.24, 2.45) is 5.92 Å². The second-order valence-corrected chi connectivity index (χ2v) is 7.00. The Bertz CT molecular complexity index is 838. The molecule has 114 valence electrons. The minimum atomic E-state index is 0.706. The Kier molecular flexibility index (Phi) is 3.53. The summed E-state index contributed by atoms with van der Waals surface area (Å²) in [6.45, 7) is 4.54. The third-order valence-corrected chi connectivity index (χ3v) is 4.73. The maximum atomic E-state index is 2.36. The van der Waals surface area contributed by atoms with Gasteiger partial charge in [-0.1, -0.05) is 74.5 Å². The predicted molar refractivity (Wildman–Crippen MR) is 98.7 cm³/mol. The summed E-state index contributed by atoms with van der Waals surface area (Å²) in [6, 6.07) is 24.8. The van der Waals surface area contributed by atoms with E-state index in [1.165, 1.54) is 38.9 Å². The Labute approximate surface area is 138 Å². The first kappa shape index (κ1) is 14.3. The lowest BCUT2D eigenvalue weighted by molar-refractivity contribution is 0.647. The second-order valence-electron chi connectivity index (χ2n) is 7.00. The van der Waals surface area contributed by atoms with Crippen molar-refractivity contribution < 1.29 is 0 Å². The highest BCUT2D eigenvalue weighted by molar-refractivity contribution is 5.81. The van der Waals surface area contributed by atoms with Crippen LogP contribution in [0.15, 0.2) is 66.7 Å². The Balaban J connectivity index is 1.69. The van der Waals surface area contributed by atoms with E-state index in [1.807, 2.05) is 0 Å². The molecule has 4 rings (SSSR count). The van der Waals surface area contributed by atoms with Crippen LogP contribution in [0, 0.1) is 5.92 Å². The van der Waals surface area contributed by atoms with E-state index >= 15 is 0 Å². The summed E-state index contributed by atoms with van der Waals surface area (Å²) in [5, 5.41) is 0. The zero-order valence-electron chi connectivity index (χ0n) is 13.8. The monoisotopic (exact) mass is 298 g/mol. The van der Waals surface area contributed by atoms with Gasteiger partial charge in [0, 0.05) is 0 Å². The standard InChI is InChI=1S/C23H22/c1-16(2)13-17-7-9-18(10-8-17)19-11-12-21-14-20-5-3-4-6-22(20)23(21)15-19/h3-12,15-16H,13-14H2,1-2H3. The molecular formula is C23H22. The van der Waals surface area contributed by atoms with Crippen LogP contribution in [0.1, 0.15) is 30.5 Å². The summed E-state index contributed by atoms with van der Waals surface area (Å²) < 4.78 is 0. The van der Waals surface area contributed by atoms with Crippen molar-refractivity contribution in [1.29, 1.82) is 0 Å². The Morgan fingerprint density at radius 1 is 0.739 bits per heavy atom. The fraction of sp³-hybridized carbons (Fsp3) is 0.217. The van der Waals surface area contributed by atoms with Crippen molar-refractivity contribution >= 4 is 0 Å². The summed E-state index contributed by atoms with van der Waals surface area (Å²) in [4.78, 5) is 0. The van der Waals surface area contributed by atoms with Gasteiger partial charge >= 0.3 is 0 Å². The van der Waals surface area contributed by atoms with Gasteiger partial charge in [-0.2, -0.15) is 0 Å². The molecule has 3 aromatic rings. The molecule has 0 spiro atoms. The maximum Gasteiger partial charge on any atom is -0.00134 e. The van der Waals surface area contributed by atoms with Gasteiger partial charge in [0.1, 0.15) is 0 Å². The lowest BCUT2D eigenvalue weighted by atomic mass is 9.96. The van der Waals surface area contributed by atoms with Crippen molar-refractivity contribution in [2.45, 2.75) is 26.7 Å². The van der Waals surface area contributed by atoms with Gasteiger partial charge in [-0.15, -0.1) is 0 Å². The van der Waals surface area contributed by atoms with Gasteiger partial charge in [0.25, 0.3) is 0 Å². The van der Waals surface area contributed by atoms with E-state index in [9.17, 15) is 0 Å². The second kappa shape index (κ2) is 5.70. The average Bonchev–Trinajstić information content (AvgIpc) is 2.93. The minimum Gasteiger partial charge on any atom is -0.0625 e. The molecule has 1 aliphatic rings. The Morgan fingerprint density at radius 2 is 1.43 bits per heavy atom. The van der Waals surface area contributed by atoms with Gasteiger partial charge < -0.3 is 0 Å². The molecule has 0 amide bonds. The van der Waals surface area contributed by atoms with E-state index < -0.39 is 0 Å². The van der Waals surface area contributed by atoms with Gasteiger partial charge in [-0.3, -0.25) is 0 Å². The molecule has 0 aliphatic heterocycles. The molecule has 0 aromatic heterocycles. The summed E-state index contributed by atoms with van der Waals surface area (Å²) in [7, 11) is 0. The number of fused-ring (bicyclic) bond motifs is 3. The molecule has 0 unspecified atom stereocenters. The Hall–Kier alpha value is -2.34. The van der Waals surface area contributed by atoms with Crippen LogP contribution >= 0.6 is 0 Å². The number of benzene rings is 3. The molecule has 23 heavy (non-hydrogen) atoms. The van der Waals surface area contributed by atoms with Crippen LogP contribution in [0.5, 0.6) is 0 Å². The minimum absolute atomic E-state index is 0.706. The van der Waals surface area contributed by atoms with Gasteiger partial charge in [0.2, 0.25) is 0 Å². The highest BCUT2D eigenvalue weighted by atomic mass is 14.2. The van der Waals surface area contributed by atoms with Gasteiger partial charge in [-0.05, 0) is 63.8 Å². The largest absolute Gasteiger partial charge is 0.0625 e. The molecule has 0 heterocycles. The highest BCUT2D eigenvalue weighted by Crippen LogP contribution is 2.38. The van der Waals surface area contributed by atoms with Crippen LogP contribution in [0.2, 0.25) is 0 Å². The molecule has 0 fully saturated rings. The molecular weight excluding hydrogens is 276 g/mol. The summed E-state index contributed by atoms with van der Waals surface area (Å²) >= 11 is 0. The van der Waals surface area contributed by atoms with Gasteiger partial charge in [0.05, 0.1) is 0 Å². The molecule has 0 radical (unpaired) electrons. The first-order chi connectivity index (χ1) is 11.2. The normalized spacial score (nSPS) is 12.3. The van der Waals surface area contributed by atoms with Crippen molar-refractivity contribution in [2.75, 3.05) is 0 Å². The fourth-order valence-corrected chi connectivity index (χ4v) is 3.61. The fourth-order valence-electron chi connectivity index (χ4n) is 3.61. The zero-order chi connectivity index (χ0) is 15.8. The van der Waals surface area contributed by atoms with Crippen molar-refractivity contribution in [1.82, 2.24) is 0 Å². The van der Waals surface area contributed by atoms with Crippen molar-refractivity contribution in [3.05, 3.63) is 83.4 Å². The van der Waals surface area contributed by atoms with Crippen LogP contribution in [0.25, 0.3) is 22.3 Å². The van der Waals surface area contributed by atoms with E-state index in [-0.39, 0.29) is 0 Å². The van der Waals surface area contributed by atoms with E-state index in [0.717, 1.165) is 12.8 Å². The summed E-state index contributed by atoms with van der Waals surface area (Å²) in [5.74, 6) is 0.706. The molecule has 0 bridgehead atoms. The van der Waals surface area contributed by atoms with Crippen LogP contribution < -0.4 is 0 Å². The number of rotatable bonds is 3. The molecule has 0 N–H and O–H groups in total. The number of hydrogen-bond acceptors (Lipinski definition) is 0. The van der Waals surface area contributed by atoms with E-state index in [0.29, 0.717) is 5.92 Å². The van der Waals surface area contributed by atoms with E-state index in [1.54, 1.807) is 0 Å². The molecule has 0 nitrogen and oxygen atoms in total. The van der Waals surface area contributed by atoms with E-state index in [4.69, 9.17) is 0 Å². The smallest absolute Gasteiger partial charge is 0.00134 e. The molecule has 1 aliphatic carbocycles. The molecule has 0 heteroatoms. The first-order valence-electron chi connectivity index (χ1n) is 8.51. The lowest BCUT2D eigenvalue weighted by Crippen LogP contribution is -1.93. The topological polar surface area (TPSA) is 0 Å². The third kappa shape index (κ3) is 2.70. The number of hydrogen-bond donors (Lipinski definition) is 0. The highest BCUT2D eigenvalue weighted by Gasteiger charge is 2.18. The van der Waals surface area contributed by atoms with Crippen molar-refractivity contribution in [3.8, 4) is 22.3 Å². The van der Waals surface area contributed by atoms with Crippen LogP contribution in [0.4, 0.5) is 0 Å². The summed E-state index contributed by atoms with van der Waals surface area (Å²) in [5.41, 5.74) is 9.76. The van der Waals surface area contributed by atoms with E-state index in [2.05, 4.69) is 80.6 Å². The average molecular weight is 298 g/mol. The quantitative estimate of drug-likeness (QED) is 0.427. The van der Waals surface area contributed by atoms with Crippen LogP contribution in [0.3, 0.4) is 0 Å². The van der Waals surface area contributed by atoms with Crippen LogP contribution in [-0.4, -0.2) is 0 Å².